The van der Waals surface area contributed by atoms with E-state index in [1.807, 2.05) is 20.8 Å². The summed E-state index contributed by atoms with van der Waals surface area (Å²) in [4.78, 5) is 4.16. The second-order valence-corrected chi connectivity index (χ2v) is 5.43. The molecule has 0 amide bonds. The Morgan fingerprint density at radius 2 is 1.94 bits per heavy atom. The second-order valence-electron chi connectivity index (χ2n) is 5.02. The number of aliphatic imine (C=N–C) groups is 1. The maximum Gasteiger partial charge on any atom is 0.134 e. The number of hydrogen-bond donors (Lipinski definition) is 3. The average molecular weight is 268 g/mol. The molecule has 1 rings (SSSR count). The molecular weight excluding hydrogens is 250 g/mol. The Kier molecular flexibility index (Phi) is 4.24. The summed E-state index contributed by atoms with van der Waals surface area (Å²) in [6.07, 6.45) is 1.63. The van der Waals surface area contributed by atoms with E-state index in [1.54, 1.807) is 12.1 Å². The maximum absolute atomic E-state index is 9.29. The van der Waals surface area contributed by atoms with E-state index < -0.39 is 0 Å². The van der Waals surface area contributed by atoms with E-state index >= 15 is 0 Å². The topological polar surface area (TPSA) is 84.6 Å². The van der Waals surface area contributed by atoms with E-state index in [4.69, 9.17) is 23.1 Å². The SMILES string of the molecule is CC(C)(C)C(N)=CC(N)=Nc1ccc(O)c(Cl)c1. The van der Waals surface area contributed by atoms with Crippen LogP contribution in [0.1, 0.15) is 20.8 Å². The molecule has 5 heteroatoms. The minimum atomic E-state index is -0.160. The van der Waals surface area contributed by atoms with Gasteiger partial charge in [0.05, 0.1) is 10.7 Å². The van der Waals surface area contributed by atoms with Crippen molar-refractivity contribution in [3.8, 4) is 5.75 Å². The Balaban J connectivity index is 3.00. The molecule has 0 aliphatic heterocycles. The summed E-state index contributed by atoms with van der Waals surface area (Å²) in [5.74, 6) is 0.308. The molecule has 0 unspecified atom stereocenters. The Morgan fingerprint density at radius 1 is 1.33 bits per heavy atom. The van der Waals surface area contributed by atoms with Crippen LogP contribution < -0.4 is 11.5 Å². The normalized spacial score (nSPS) is 13.8. The van der Waals surface area contributed by atoms with E-state index in [9.17, 15) is 5.11 Å². The van der Waals surface area contributed by atoms with Crippen LogP contribution in [0, 0.1) is 5.41 Å². The molecule has 0 atom stereocenters. The number of phenols is 1. The molecule has 1 aromatic carbocycles. The van der Waals surface area contributed by atoms with Crippen molar-refractivity contribution < 1.29 is 5.11 Å². The van der Waals surface area contributed by atoms with Crippen LogP contribution in [0.4, 0.5) is 5.69 Å². The highest BCUT2D eigenvalue weighted by Gasteiger charge is 2.13. The van der Waals surface area contributed by atoms with Gasteiger partial charge in [0.25, 0.3) is 0 Å². The van der Waals surface area contributed by atoms with E-state index in [0.717, 1.165) is 0 Å². The van der Waals surface area contributed by atoms with Crippen molar-refractivity contribution in [2.75, 3.05) is 0 Å². The van der Waals surface area contributed by atoms with Crippen LogP contribution >= 0.6 is 11.6 Å². The van der Waals surface area contributed by atoms with Crippen LogP contribution in [-0.2, 0) is 0 Å². The van der Waals surface area contributed by atoms with E-state index in [-0.39, 0.29) is 16.2 Å². The molecule has 0 aliphatic rings. The van der Waals surface area contributed by atoms with Gasteiger partial charge in [-0.25, -0.2) is 4.99 Å². The summed E-state index contributed by atoms with van der Waals surface area (Å²) in [6.45, 7) is 5.97. The van der Waals surface area contributed by atoms with Crippen molar-refractivity contribution in [1.29, 1.82) is 0 Å². The first-order chi connectivity index (χ1) is 8.20. The lowest BCUT2D eigenvalue weighted by Crippen LogP contribution is -2.20. The van der Waals surface area contributed by atoms with Crippen molar-refractivity contribution in [3.05, 3.63) is 35.0 Å². The van der Waals surface area contributed by atoms with Gasteiger partial charge < -0.3 is 16.6 Å². The van der Waals surface area contributed by atoms with Crippen LogP contribution in [0.15, 0.2) is 35.0 Å². The number of aromatic hydroxyl groups is 1. The third-order valence-corrected chi connectivity index (χ3v) is 2.66. The number of benzene rings is 1. The second kappa shape index (κ2) is 5.31. The van der Waals surface area contributed by atoms with Crippen molar-refractivity contribution in [2.45, 2.75) is 20.8 Å². The number of hydrogen-bond acceptors (Lipinski definition) is 3. The highest BCUT2D eigenvalue weighted by molar-refractivity contribution is 6.32. The molecule has 0 saturated carbocycles. The standard InChI is InChI=1S/C13H18ClN3O/c1-13(2,3)11(15)7-12(16)17-8-4-5-10(18)9(14)6-8/h4-7,18H,15H2,1-3H3,(H2,16,17). The van der Waals surface area contributed by atoms with E-state index in [0.29, 0.717) is 17.2 Å². The molecule has 0 heterocycles. The summed E-state index contributed by atoms with van der Waals surface area (Å²) in [5, 5.41) is 9.52. The predicted molar refractivity (Wildman–Crippen MR) is 76.1 cm³/mol. The van der Waals surface area contributed by atoms with Crippen LogP contribution in [0.5, 0.6) is 5.75 Å². The summed E-state index contributed by atoms with van der Waals surface area (Å²) >= 11 is 5.78. The van der Waals surface area contributed by atoms with Crippen LogP contribution in [0.3, 0.4) is 0 Å². The molecule has 0 fully saturated rings. The largest absolute Gasteiger partial charge is 0.506 e. The lowest BCUT2D eigenvalue weighted by molar-refractivity contribution is 0.475. The molecule has 0 radical (unpaired) electrons. The van der Waals surface area contributed by atoms with Crippen molar-refractivity contribution >= 4 is 23.1 Å². The molecule has 0 spiro atoms. The number of nitrogens with two attached hydrogens (primary N) is 2. The fourth-order valence-electron chi connectivity index (χ4n) is 1.12. The predicted octanol–water partition coefficient (Wildman–Crippen LogP) is 2.92. The Labute approximate surface area is 112 Å². The van der Waals surface area contributed by atoms with Gasteiger partial charge >= 0.3 is 0 Å². The highest BCUT2D eigenvalue weighted by atomic mass is 35.5. The van der Waals surface area contributed by atoms with E-state index in [2.05, 4.69) is 4.99 Å². The van der Waals surface area contributed by atoms with Gasteiger partial charge in [0.1, 0.15) is 11.6 Å². The zero-order valence-corrected chi connectivity index (χ0v) is 11.5. The minimum absolute atomic E-state index is 0.0129. The summed E-state index contributed by atoms with van der Waals surface area (Å²) in [5.41, 5.74) is 12.7. The van der Waals surface area contributed by atoms with Gasteiger partial charge in [0, 0.05) is 11.1 Å². The number of rotatable bonds is 2. The van der Waals surface area contributed by atoms with Crippen LogP contribution in [0.2, 0.25) is 5.02 Å². The first kappa shape index (κ1) is 14.4. The molecule has 18 heavy (non-hydrogen) atoms. The Hall–Kier alpha value is -1.68. The van der Waals surface area contributed by atoms with Crippen LogP contribution in [-0.4, -0.2) is 10.9 Å². The van der Waals surface area contributed by atoms with Crippen molar-refractivity contribution in [2.24, 2.45) is 21.9 Å². The zero-order valence-electron chi connectivity index (χ0n) is 10.7. The monoisotopic (exact) mass is 267 g/mol. The molecule has 0 saturated heterocycles. The van der Waals surface area contributed by atoms with Crippen molar-refractivity contribution in [1.82, 2.24) is 0 Å². The Bertz CT molecular complexity index is 501. The third kappa shape index (κ3) is 3.96. The van der Waals surface area contributed by atoms with Gasteiger partial charge in [-0.15, -0.1) is 0 Å². The lowest BCUT2D eigenvalue weighted by Gasteiger charge is -2.18. The number of allylic oxidation sites excluding steroid dienone is 1. The number of amidine groups is 1. The third-order valence-electron chi connectivity index (χ3n) is 2.36. The van der Waals surface area contributed by atoms with Crippen LogP contribution in [0.25, 0.3) is 0 Å². The minimum Gasteiger partial charge on any atom is -0.506 e. The molecule has 0 bridgehead atoms. The molecule has 98 valence electrons. The van der Waals surface area contributed by atoms with Gasteiger partial charge in [-0.2, -0.15) is 0 Å². The number of halogens is 1. The smallest absolute Gasteiger partial charge is 0.134 e. The molecule has 0 aromatic heterocycles. The summed E-state index contributed by atoms with van der Waals surface area (Å²) in [6, 6.07) is 4.62. The fourth-order valence-corrected chi connectivity index (χ4v) is 1.30. The fraction of sp³-hybridized carbons (Fsp3) is 0.308. The van der Waals surface area contributed by atoms with Gasteiger partial charge in [0.2, 0.25) is 0 Å². The Morgan fingerprint density at radius 3 is 2.44 bits per heavy atom. The zero-order chi connectivity index (χ0) is 13.9. The quantitative estimate of drug-likeness (QED) is 0.569. The average Bonchev–Trinajstić information content (AvgIpc) is 2.22. The van der Waals surface area contributed by atoms with E-state index in [1.165, 1.54) is 12.1 Å². The summed E-state index contributed by atoms with van der Waals surface area (Å²) in [7, 11) is 0. The van der Waals surface area contributed by atoms with Gasteiger partial charge in [0.15, 0.2) is 0 Å². The summed E-state index contributed by atoms with van der Waals surface area (Å²) < 4.78 is 0. The molecule has 4 nitrogen and oxygen atoms in total. The van der Waals surface area contributed by atoms with Crippen molar-refractivity contribution in [3.63, 3.8) is 0 Å². The maximum atomic E-state index is 9.29. The van der Waals surface area contributed by atoms with Gasteiger partial charge in [-0.3, -0.25) is 0 Å². The molecule has 1 aromatic rings. The first-order valence-corrected chi connectivity index (χ1v) is 5.88. The molecule has 0 aliphatic carbocycles. The molecular formula is C13H18ClN3O. The number of phenolic OH excluding ortho intramolecular Hbond substituents is 1. The van der Waals surface area contributed by atoms with Gasteiger partial charge in [-0.05, 0) is 24.3 Å². The molecule has 5 N–H and O–H groups in total. The van der Waals surface area contributed by atoms with Gasteiger partial charge in [-0.1, -0.05) is 32.4 Å². The number of nitrogens with zero attached hydrogens (tertiary/aromatic N) is 1. The lowest BCUT2D eigenvalue weighted by atomic mass is 9.92. The highest BCUT2D eigenvalue weighted by Crippen LogP contribution is 2.27. The first-order valence-electron chi connectivity index (χ1n) is 5.50.